The minimum absolute atomic E-state index is 0.127. The molecule has 1 heterocycles. The van der Waals surface area contributed by atoms with Crippen LogP contribution in [0.3, 0.4) is 0 Å². The van der Waals surface area contributed by atoms with E-state index < -0.39 is 18.1 Å². The first kappa shape index (κ1) is 20.3. The Hall–Kier alpha value is -1.43. The summed E-state index contributed by atoms with van der Waals surface area (Å²) in [6.45, 7) is 12.7. The first-order chi connectivity index (χ1) is 12.5. The van der Waals surface area contributed by atoms with E-state index in [1.54, 1.807) is 0 Å². The first-order valence-electron chi connectivity index (χ1n) is 9.69. The van der Waals surface area contributed by atoms with Crippen LogP contribution in [0.2, 0.25) is 19.6 Å². The predicted octanol–water partition coefficient (Wildman–Crippen LogP) is 4.86. The molecule has 2 aromatic rings. The summed E-state index contributed by atoms with van der Waals surface area (Å²) in [4.78, 5) is 0.513. The zero-order valence-corrected chi connectivity index (χ0v) is 19.1. The largest absolute Gasteiger partial charge is 0.243 e. The van der Waals surface area contributed by atoms with E-state index in [1.807, 2.05) is 55.4 Å². The smallest absolute Gasteiger partial charge is 0.207 e. The first-order valence-corrected chi connectivity index (χ1v) is 14.7. The number of sulfonamides is 1. The van der Waals surface area contributed by atoms with Crippen LogP contribution in [0.25, 0.3) is 0 Å². The predicted molar refractivity (Wildman–Crippen MR) is 115 cm³/mol. The van der Waals surface area contributed by atoms with Crippen LogP contribution < -0.4 is 0 Å². The van der Waals surface area contributed by atoms with Crippen LogP contribution in [-0.4, -0.2) is 32.5 Å². The molecule has 0 aliphatic carbocycles. The Labute approximate surface area is 165 Å². The normalized spacial score (nSPS) is 22.7. The van der Waals surface area contributed by atoms with Crippen molar-refractivity contribution >= 4 is 18.1 Å². The molecule has 1 saturated heterocycles. The summed E-state index contributed by atoms with van der Waals surface area (Å²) in [5.74, 6) is 0. The fraction of sp³-hybridized carbons (Fsp3) is 0.455. The van der Waals surface area contributed by atoms with Crippen LogP contribution in [0.15, 0.2) is 47.4 Å². The minimum atomic E-state index is -3.46. The van der Waals surface area contributed by atoms with Crippen molar-refractivity contribution in [1.29, 1.82) is 0 Å². The van der Waals surface area contributed by atoms with Crippen molar-refractivity contribution in [2.24, 2.45) is 0 Å². The van der Waals surface area contributed by atoms with Crippen LogP contribution in [0.5, 0.6) is 0 Å². The van der Waals surface area contributed by atoms with Gasteiger partial charge in [0.25, 0.3) is 0 Å². The van der Waals surface area contributed by atoms with E-state index in [0.717, 1.165) is 29.5 Å². The van der Waals surface area contributed by atoms with Gasteiger partial charge in [0.2, 0.25) is 10.0 Å². The average molecular weight is 402 g/mol. The summed E-state index contributed by atoms with van der Waals surface area (Å²) >= 11 is 0. The van der Waals surface area contributed by atoms with E-state index in [4.69, 9.17) is 0 Å². The molecule has 0 N–H and O–H groups in total. The lowest BCUT2D eigenvalue weighted by Crippen LogP contribution is -2.34. The standard InChI is InChI=1S/C22H31NO2SSi/c1-16-14-17(2)21(18(3)15-16)26(24,25)23-20(22(23)27(4,5)6)13-12-19-10-8-7-9-11-19/h7-11,14-15,20,22H,12-13H2,1-6H3/t20-,22+,23?/m1/s1. The molecule has 146 valence electrons. The lowest BCUT2D eigenvalue weighted by molar-refractivity contribution is 0.544. The zero-order valence-electron chi connectivity index (χ0n) is 17.3. The van der Waals surface area contributed by atoms with Gasteiger partial charge in [-0.3, -0.25) is 0 Å². The van der Waals surface area contributed by atoms with Gasteiger partial charge in [-0.15, -0.1) is 0 Å². The van der Waals surface area contributed by atoms with E-state index >= 15 is 0 Å². The number of nitrogens with zero attached hydrogens (tertiary/aromatic N) is 1. The van der Waals surface area contributed by atoms with Gasteiger partial charge in [-0.1, -0.05) is 67.7 Å². The molecule has 0 bridgehead atoms. The number of hydrogen-bond donors (Lipinski definition) is 0. The lowest BCUT2D eigenvalue weighted by Gasteiger charge is -2.17. The number of hydrogen-bond acceptors (Lipinski definition) is 2. The van der Waals surface area contributed by atoms with Crippen LogP contribution in [0, 0.1) is 20.8 Å². The highest BCUT2D eigenvalue weighted by atomic mass is 32.2. The second-order valence-electron chi connectivity index (χ2n) is 8.97. The van der Waals surface area contributed by atoms with Crippen molar-refractivity contribution < 1.29 is 8.42 Å². The minimum Gasteiger partial charge on any atom is -0.207 e. The molecule has 2 aromatic carbocycles. The fourth-order valence-electron chi connectivity index (χ4n) is 4.47. The van der Waals surface area contributed by atoms with E-state index in [9.17, 15) is 8.42 Å². The summed E-state index contributed by atoms with van der Waals surface area (Å²) in [6.07, 6.45) is 1.81. The summed E-state index contributed by atoms with van der Waals surface area (Å²) < 4.78 is 29.0. The van der Waals surface area contributed by atoms with E-state index in [2.05, 4.69) is 31.8 Å². The van der Waals surface area contributed by atoms with E-state index in [-0.39, 0.29) is 11.7 Å². The average Bonchev–Trinajstić information content (AvgIpc) is 3.28. The summed E-state index contributed by atoms with van der Waals surface area (Å²) in [6, 6.07) is 14.4. The van der Waals surface area contributed by atoms with Gasteiger partial charge >= 0.3 is 0 Å². The topological polar surface area (TPSA) is 37.1 Å². The number of benzene rings is 2. The Kier molecular flexibility index (Phi) is 5.41. The third-order valence-electron chi connectivity index (χ3n) is 5.47. The third kappa shape index (κ3) is 4.05. The van der Waals surface area contributed by atoms with E-state index in [1.165, 1.54) is 5.56 Å². The summed E-state index contributed by atoms with van der Waals surface area (Å²) in [5, 5.41) is 0. The Morgan fingerprint density at radius 2 is 1.52 bits per heavy atom. The molecule has 1 aliphatic heterocycles. The maximum atomic E-state index is 13.6. The van der Waals surface area contributed by atoms with Crippen LogP contribution in [0.1, 0.15) is 28.7 Å². The third-order valence-corrected chi connectivity index (χ3v) is 10.3. The Morgan fingerprint density at radius 1 is 0.963 bits per heavy atom. The lowest BCUT2D eigenvalue weighted by atomic mass is 10.1. The van der Waals surface area contributed by atoms with Gasteiger partial charge in [0.15, 0.2) is 0 Å². The van der Waals surface area contributed by atoms with Crippen molar-refractivity contribution in [3.8, 4) is 0 Å². The SMILES string of the molecule is Cc1cc(C)c(S(=O)(=O)N2[C@H](CCc3ccccc3)[C@@H]2[Si](C)(C)C)c(C)c1. The van der Waals surface area contributed by atoms with Crippen LogP contribution in [-0.2, 0) is 16.4 Å². The van der Waals surface area contributed by atoms with Gasteiger partial charge in [0, 0.05) is 11.7 Å². The highest BCUT2D eigenvalue weighted by Crippen LogP contribution is 2.44. The maximum Gasteiger partial charge on any atom is 0.243 e. The second kappa shape index (κ2) is 7.19. The van der Waals surface area contributed by atoms with Crippen LogP contribution >= 0.6 is 0 Å². The number of rotatable bonds is 6. The van der Waals surface area contributed by atoms with Gasteiger partial charge in [0.05, 0.1) is 13.0 Å². The molecular formula is C22H31NO2SSi. The van der Waals surface area contributed by atoms with Gasteiger partial charge in [0.1, 0.15) is 0 Å². The Bertz CT molecular complexity index is 910. The molecule has 0 spiro atoms. The molecule has 5 heteroatoms. The van der Waals surface area contributed by atoms with Crippen molar-refractivity contribution in [2.45, 2.75) is 69.9 Å². The number of aryl methyl sites for hydroxylation is 4. The molecule has 0 aromatic heterocycles. The molecule has 1 unspecified atom stereocenters. The molecule has 3 rings (SSSR count). The second-order valence-corrected chi connectivity index (χ2v) is 16.1. The molecule has 1 aliphatic rings. The molecule has 0 amide bonds. The zero-order chi connectivity index (χ0) is 20.0. The molecular weight excluding hydrogens is 370 g/mol. The van der Waals surface area contributed by atoms with Crippen LogP contribution in [0.4, 0.5) is 0 Å². The molecule has 0 saturated carbocycles. The molecule has 3 nitrogen and oxygen atoms in total. The van der Waals surface area contributed by atoms with Gasteiger partial charge in [-0.2, -0.15) is 4.31 Å². The fourth-order valence-corrected chi connectivity index (χ4v) is 10.4. The summed E-state index contributed by atoms with van der Waals surface area (Å²) in [7, 11) is -5.09. The van der Waals surface area contributed by atoms with Crippen molar-refractivity contribution in [1.82, 2.24) is 4.31 Å². The summed E-state index contributed by atoms with van der Waals surface area (Å²) in [5.41, 5.74) is 4.29. The highest BCUT2D eigenvalue weighted by Gasteiger charge is 2.60. The van der Waals surface area contributed by atoms with Crippen molar-refractivity contribution in [2.75, 3.05) is 0 Å². The Morgan fingerprint density at radius 3 is 2.04 bits per heavy atom. The molecule has 3 atom stereocenters. The van der Waals surface area contributed by atoms with E-state index in [0.29, 0.717) is 4.90 Å². The Balaban J connectivity index is 1.91. The van der Waals surface area contributed by atoms with Gasteiger partial charge in [-0.25, -0.2) is 8.42 Å². The quantitative estimate of drug-likeness (QED) is 0.512. The molecule has 0 radical (unpaired) electrons. The van der Waals surface area contributed by atoms with Gasteiger partial charge < -0.3 is 0 Å². The molecule has 27 heavy (non-hydrogen) atoms. The monoisotopic (exact) mass is 401 g/mol. The van der Waals surface area contributed by atoms with Gasteiger partial charge in [-0.05, 0) is 50.3 Å². The maximum absolute atomic E-state index is 13.6. The van der Waals surface area contributed by atoms with Crippen molar-refractivity contribution in [3.05, 3.63) is 64.7 Å². The highest BCUT2D eigenvalue weighted by molar-refractivity contribution is 7.89. The van der Waals surface area contributed by atoms with Crippen molar-refractivity contribution in [3.63, 3.8) is 0 Å². The molecule has 1 fully saturated rings.